The van der Waals surface area contributed by atoms with Crippen LogP contribution in [-0.2, 0) is 0 Å². The third kappa shape index (κ3) is 5.09. The molecule has 0 radical (unpaired) electrons. The quantitative estimate of drug-likeness (QED) is 0.325. The summed E-state index contributed by atoms with van der Waals surface area (Å²) in [5, 5.41) is 3.32. The zero-order chi connectivity index (χ0) is 21.0. The minimum atomic E-state index is 0.0275. The van der Waals surface area contributed by atoms with Gasteiger partial charge in [-0.3, -0.25) is 0 Å². The van der Waals surface area contributed by atoms with Crippen molar-refractivity contribution in [3.8, 4) is 0 Å². The molecule has 0 bridgehead atoms. The summed E-state index contributed by atoms with van der Waals surface area (Å²) >= 11 is 0. The number of unbranched alkanes of at least 4 members (excludes halogenated alkanes) is 1. The average molecular weight is 413 g/mol. The van der Waals surface area contributed by atoms with Crippen molar-refractivity contribution in [2.45, 2.75) is 103 Å². The van der Waals surface area contributed by atoms with Crippen LogP contribution in [0.15, 0.2) is 28.5 Å². The van der Waals surface area contributed by atoms with Crippen LogP contribution in [0, 0.1) is 28.1 Å². The predicted octanol–water partition coefficient (Wildman–Crippen LogP) is 7.28. The molecule has 5 atom stereocenters. The molecule has 4 rings (SSSR count). The van der Waals surface area contributed by atoms with Gasteiger partial charge in [0.15, 0.2) is 0 Å². The Bertz CT molecular complexity index is 653. The largest absolute Gasteiger partial charge is 0.303 e. The topological polar surface area (TPSA) is 32.7 Å². The van der Waals surface area contributed by atoms with Gasteiger partial charge >= 0.3 is 0 Å². The first-order valence-electron chi connectivity index (χ1n) is 13.0. The van der Waals surface area contributed by atoms with Crippen molar-refractivity contribution >= 4 is 0 Å². The Labute approximate surface area is 184 Å². The monoisotopic (exact) mass is 412 g/mol. The molecule has 3 nitrogen and oxygen atoms in total. The van der Waals surface area contributed by atoms with Crippen LogP contribution in [-0.4, -0.2) is 30.6 Å². The minimum Gasteiger partial charge on any atom is -0.303 e. The first-order valence-corrected chi connectivity index (χ1v) is 13.0. The summed E-state index contributed by atoms with van der Waals surface area (Å²) in [6.07, 6.45) is 21.6. The first-order chi connectivity index (χ1) is 14.6. The molecule has 168 valence electrons. The highest BCUT2D eigenvalue weighted by molar-refractivity contribution is 5.25. The maximum atomic E-state index is 10.9. The molecule has 3 heteroatoms. The lowest BCUT2D eigenvalue weighted by molar-refractivity contribution is 0.126. The third-order valence-corrected chi connectivity index (χ3v) is 9.16. The van der Waals surface area contributed by atoms with Gasteiger partial charge < -0.3 is 4.90 Å². The summed E-state index contributed by atoms with van der Waals surface area (Å²) in [5.74, 6) is 2.64. The fourth-order valence-electron chi connectivity index (χ4n) is 7.31. The maximum Gasteiger partial charge on any atom is 0.0956 e. The van der Waals surface area contributed by atoms with Crippen molar-refractivity contribution in [1.29, 1.82) is 0 Å². The molecule has 0 N–H and O–H groups in total. The van der Waals surface area contributed by atoms with Gasteiger partial charge in [0.2, 0.25) is 0 Å². The van der Waals surface area contributed by atoms with Gasteiger partial charge in [-0.1, -0.05) is 48.7 Å². The van der Waals surface area contributed by atoms with Gasteiger partial charge in [0.25, 0.3) is 0 Å². The third-order valence-electron chi connectivity index (χ3n) is 9.16. The lowest BCUT2D eigenvalue weighted by atomic mass is 9.62. The van der Waals surface area contributed by atoms with E-state index >= 15 is 0 Å². The zero-order valence-electron chi connectivity index (χ0n) is 19.6. The van der Waals surface area contributed by atoms with E-state index in [9.17, 15) is 4.91 Å². The summed E-state index contributed by atoms with van der Waals surface area (Å²) in [7, 11) is 0. The van der Waals surface area contributed by atoms with Crippen molar-refractivity contribution in [1.82, 2.24) is 4.90 Å². The molecule has 5 unspecified atom stereocenters. The second kappa shape index (κ2) is 10.1. The molecular formula is C27H44N2O. The van der Waals surface area contributed by atoms with E-state index in [0.717, 1.165) is 43.4 Å². The summed E-state index contributed by atoms with van der Waals surface area (Å²) in [4.78, 5) is 13.6. The Morgan fingerprint density at radius 1 is 1.10 bits per heavy atom. The van der Waals surface area contributed by atoms with Gasteiger partial charge in [0.05, 0.1) is 6.04 Å². The number of nitrogens with zero attached hydrogens (tertiary/aromatic N) is 2. The standard InChI is InChI=1S/C27H44N2O/c1-21-15-18-29(20-21)17-4-3-9-24-13-14-26-23(8-6-16-27(24,26)2)12-11-22-7-5-10-25(19-22)28-30/h11-12,21,24-26H,3-10,13-20H2,1-2H3/b22-11-,23-12+. The van der Waals surface area contributed by atoms with Gasteiger partial charge in [0, 0.05) is 6.54 Å². The van der Waals surface area contributed by atoms with E-state index in [1.54, 1.807) is 5.57 Å². The highest BCUT2D eigenvalue weighted by atomic mass is 16.3. The maximum absolute atomic E-state index is 10.9. The number of nitroso groups, excluding NO2 is 1. The van der Waals surface area contributed by atoms with Gasteiger partial charge in [0.1, 0.15) is 0 Å². The number of fused-ring (bicyclic) bond motifs is 1. The fraction of sp³-hybridized carbons (Fsp3) is 0.852. The van der Waals surface area contributed by atoms with E-state index in [2.05, 4.69) is 36.1 Å². The van der Waals surface area contributed by atoms with E-state index in [1.165, 1.54) is 83.0 Å². The molecule has 0 aromatic heterocycles. The summed E-state index contributed by atoms with van der Waals surface area (Å²) in [6, 6.07) is 0.0275. The van der Waals surface area contributed by atoms with Crippen LogP contribution < -0.4 is 0 Å². The second-order valence-electron chi connectivity index (χ2n) is 11.3. The van der Waals surface area contributed by atoms with Gasteiger partial charge in [-0.05, 0) is 113 Å². The Hall–Kier alpha value is -0.960. The number of hydrogen-bond donors (Lipinski definition) is 0. The number of allylic oxidation sites excluding steroid dienone is 3. The number of rotatable bonds is 7. The van der Waals surface area contributed by atoms with Crippen LogP contribution >= 0.6 is 0 Å². The highest BCUT2D eigenvalue weighted by Crippen LogP contribution is 2.58. The van der Waals surface area contributed by atoms with Crippen LogP contribution in [0.5, 0.6) is 0 Å². The molecule has 4 fully saturated rings. The van der Waals surface area contributed by atoms with E-state index < -0.39 is 0 Å². The summed E-state index contributed by atoms with van der Waals surface area (Å²) in [5.41, 5.74) is 3.70. The van der Waals surface area contributed by atoms with E-state index in [4.69, 9.17) is 0 Å². The normalized spacial score (nSPS) is 40.2. The van der Waals surface area contributed by atoms with Crippen molar-refractivity contribution in [3.63, 3.8) is 0 Å². The average Bonchev–Trinajstić information content (AvgIpc) is 3.32. The Balaban J connectivity index is 1.30. The number of hydrogen-bond acceptors (Lipinski definition) is 3. The van der Waals surface area contributed by atoms with Crippen molar-refractivity contribution < 1.29 is 0 Å². The summed E-state index contributed by atoms with van der Waals surface area (Å²) in [6.45, 7) is 9.00. The van der Waals surface area contributed by atoms with Crippen LogP contribution in [0.4, 0.5) is 0 Å². The molecule has 1 heterocycles. The smallest absolute Gasteiger partial charge is 0.0956 e. The molecule has 0 aromatic carbocycles. The van der Waals surface area contributed by atoms with Gasteiger partial charge in [-0.2, -0.15) is 4.91 Å². The molecule has 0 spiro atoms. The Morgan fingerprint density at radius 3 is 2.80 bits per heavy atom. The van der Waals surface area contributed by atoms with Crippen LogP contribution in [0.25, 0.3) is 0 Å². The molecule has 1 aliphatic heterocycles. The molecule has 4 aliphatic rings. The van der Waals surface area contributed by atoms with E-state index in [0.29, 0.717) is 5.41 Å². The minimum absolute atomic E-state index is 0.0275. The van der Waals surface area contributed by atoms with Gasteiger partial charge in [-0.25, -0.2) is 0 Å². The predicted molar refractivity (Wildman–Crippen MR) is 126 cm³/mol. The zero-order valence-corrected chi connectivity index (χ0v) is 19.6. The molecule has 1 saturated heterocycles. The Morgan fingerprint density at radius 2 is 2.00 bits per heavy atom. The lowest BCUT2D eigenvalue weighted by Gasteiger charge is -2.42. The molecule has 30 heavy (non-hydrogen) atoms. The van der Waals surface area contributed by atoms with Crippen molar-refractivity contribution in [2.24, 2.45) is 28.3 Å². The Kier molecular flexibility index (Phi) is 7.49. The van der Waals surface area contributed by atoms with E-state index in [-0.39, 0.29) is 6.04 Å². The summed E-state index contributed by atoms with van der Waals surface area (Å²) < 4.78 is 0. The number of likely N-dealkylation sites (tertiary alicyclic amines) is 1. The van der Waals surface area contributed by atoms with Crippen LogP contribution in [0.3, 0.4) is 0 Å². The van der Waals surface area contributed by atoms with Crippen LogP contribution in [0.2, 0.25) is 0 Å². The molecule has 0 amide bonds. The molecule has 3 saturated carbocycles. The van der Waals surface area contributed by atoms with Gasteiger partial charge in [-0.15, -0.1) is 0 Å². The van der Waals surface area contributed by atoms with E-state index in [1.807, 2.05) is 0 Å². The molecule has 0 aromatic rings. The SMILES string of the molecule is CC1CCN(CCCCC2CCC3/C(=C/C=C4/CCCC(N=O)C4)CCCC23C)C1. The fourth-order valence-corrected chi connectivity index (χ4v) is 7.31. The highest BCUT2D eigenvalue weighted by Gasteiger charge is 2.48. The molecular weight excluding hydrogens is 368 g/mol. The second-order valence-corrected chi connectivity index (χ2v) is 11.3. The lowest BCUT2D eigenvalue weighted by Crippen LogP contribution is -2.33. The van der Waals surface area contributed by atoms with Crippen molar-refractivity contribution in [3.05, 3.63) is 28.2 Å². The first kappa shape index (κ1) is 22.2. The molecule has 3 aliphatic carbocycles. The van der Waals surface area contributed by atoms with Crippen LogP contribution in [0.1, 0.15) is 97.3 Å². The van der Waals surface area contributed by atoms with Crippen molar-refractivity contribution in [2.75, 3.05) is 19.6 Å².